The smallest absolute Gasteiger partial charge is 0.387 e. The van der Waals surface area contributed by atoms with Crippen molar-refractivity contribution in [2.75, 3.05) is 6.54 Å². The molecule has 0 aromatic heterocycles. The molecule has 134 valence electrons. The van der Waals surface area contributed by atoms with Gasteiger partial charge in [-0.25, -0.2) is 0 Å². The molecule has 0 radical (unpaired) electrons. The molecule has 0 saturated carbocycles. The lowest BCUT2D eigenvalue weighted by molar-refractivity contribution is -0.0498. The van der Waals surface area contributed by atoms with Crippen LogP contribution in [0.5, 0.6) is 5.75 Å². The molecule has 2 N–H and O–H groups in total. The molecule has 4 nitrogen and oxygen atoms in total. The van der Waals surface area contributed by atoms with E-state index >= 15 is 0 Å². The van der Waals surface area contributed by atoms with E-state index in [9.17, 15) is 18.7 Å². The zero-order chi connectivity index (χ0) is 18.2. The van der Waals surface area contributed by atoms with Crippen LogP contribution in [0.3, 0.4) is 0 Å². The minimum atomic E-state index is -2.90. The van der Waals surface area contributed by atoms with Crippen molar-refractivity contribution in [2.45, 2.75) is 32.0 Å². The van der Waals surface area contributed by atoms with E-state index in [0.717, 1.165) is 5.56 Å². The van der Waals surface area contributed by atoms with Gasteiger partial charge in [-0.1, -0.05) is 30.3 Å². The Labute approximate surface area is 145 Å². The van der Waals surface area contributed by atoms with Crippen LogP contribution in [0.25, 0.3) is 0 Å². The highest BCUT2D eigenvalue weighted by atomic mass is 19.3. The maximum Gasteiger partial charge on any atom is 0.387 e. The summed E-state index contributed by atoms with van der Waals surface area (Å²) in [6, 6.07) is 15.1. The van der Waals surface area contributed by atoms with Crippen molar-refractivity contribution in [3.8, 4) is 5.75 Å². The standard InChI is InChI=1S/C19H21F2NO3/c1-13(23)11-16(14-5-3-2-4-6-14)12-22-18(24)15-7-9-17(10-8-15)25-19(20)21/h2-10,13,16,19,23H,11-12H2,1H3,(H,22,24). The highest BCUT2D eigenvalue weighted by molar-refractivity contribution is 5.94. The van der Waals surface area contributed by atoms with Crippen molar-refractivity contribution in [3.63, 3.8) is 0 Å². The quantitative estimate of drug-likeness (QED) is 0.766. The largest absolute Gasteiger partial charge is 0.435 e. The van der Waals surface area contributed by atoms with Gasteiger partial charge >= 0.3 is 6.61 Å². The van der Waals surface area contributed by atoms with Gasteiger partial charge in [0.2, 0.25) is 0 Å². The lowest BCUT2D eigenvalue weighted by Crippen LogP contribution is -2.29. The Morgan fingerprint density at radius 3 is 2.32 bits per heavy atom. The second kappa shape index (κ2) is 9.13. The average molecular weight is 349 g/mol. The number of hydrogen-bond donors (Lipinski definition) is 2. The molecule has 0 fully saturated rings. The second-order valence-electron chi connectivity index (χ2n) is 5.81. The first-order valence-electron chi connectivity index (χ1n) is 8.01. The minimum Gasteiger partial charge on any atom is -0.435 e. The number of ether oxygens (including phenoxy) is 1. The summed E-state index contributed by atoms with van der Waals surface area (Å²) in [5, 5.41) is 12.5. The highest BCUT2D eigenvalue weighted by Crippen LogP contribution is 2.21. The van der Waals surface area contributed by atoms with E-state index in [-0.39, 0.29) is 17.6 Å². The van der Waals surface area contributed by atoms with Crippen LogP contribution in [0.4, 0.5) is 8.78 Å². The summed E-state index contributed by atoms with van der Waals surface area (Å²) in [5.74, 6) is -0.329. The Kier molecular flexibility index (Phi) is 6.89. The summed E-state index contributed by atoms with van der Waals surface area (Å²) < 4.78 is 28.5. The van der Waals surface area contributed by atoms with Gasteiger partial charge in [-0.3, -0.25) is 4.79 Å². The first-order chi connectivity index (χ1) is 12.0. The number of halogens is 2. The number of hydrogen-bond acceptors (Lipinski definition) is 3. The van der Waals surface area contributed by atoms with Gasteiger partial charge in [0.15, 0.2) is 0 Å². The van der Waals surface area contributed by atoms with Gasteiger partial charge in [0, 0.05) is 18.0 Å². The summed E-state index contributed by atoms with van der Waals surface area (Å²) >= 11 is 0. The van der Waals surface area contributed by atoms with Crippen LogP contribution in [-0.2, 0) is 0 Å². The van der Waals surface area contributed by atoms with Gasteiger partial charge in [0.25, 0.3) is 5.91 Å². The SMILES string of the molecule is CC(O)CC(CNC(=O)c1ccc(OC(F)F)cc1)c1ccccc1. The fourth-order valence-corrected chi connectivity index (χ4v) is 2.58. The molecule has 0 heterocycles. The summed E-state index contributed by atoms with van der Waals surface area (Å²) in [5.41, 5.74) is 1.38. The fourth-order valence-electron chi connectivity index (χ4n) is 2.58. The Morgan fingerprint density at radius 2 is 1.76 bits per heavy atom. The summed E-state index contributed by atoms with van der Waals surface area (Å²) in [6.45, 7) is -0.825. The van der Waals surface area contributed by atoms with Gasteiger partial charge in [0.05, 0.1) is 6.10 Å². The molecule has 0 spiro atoms. The third kappa shape index (κ3) is 6.15. The monoisotopic (exact) mass is 349 g/mol. The molecule has 2 unspecified atom stereocenters. The summed E-state index contributed by atoms with van der Waals surface area (Å²) in [6.07, 6.45) is 0.0266. The lowest BCUT2D eigenvalue weighted by atomic mass is 9.93. The zero-order valence-corrected chi connectivity index (χ0v) is 13.9. The van der Waals surface area contributed by atoms with Crippen LogP contribution in [-0.4, -0.2) is 30.3 Å². The van der Waals surface area contributed by atoms with Crippen molar-refractivity contribution in [1.29, 1.82) is 0 Å². The molecule has 0 bridgehead atoms. The molecular formula is C19H21F2NO3. The van der Waals surface area contributed by atoms with E-state index < -0.39 is 12.7 Å². The third-order valence-corrected chi connectivity index (χ3v) is 3.75. The predicted molar refractivity (Wildman–Crippen MR) is 90.9 cm³/mol. The molecule has 1 amide bonds. The first kappa shape index (κ1) is 18.9. The van der Waals surface area contributed by atoms with Gasteiger partial charge in [-0.2, -0.15) is 8.78 Å². The molecule has 2 rings (SSSR count). The first-order valence-corrected chi connectivity index (χ1v) is 8.01. The summed E-state index contributed by atoms with van der Waals surface area (Å²) in [4.78, 5) is 12.2. The van der Waals surface area contributed by atoms with Gasteiger partial charge in [-0.15, -0.1) is 0 Å². The number of alkyl halides is 2. The fraction of sp³-hybridized carbons (Fsp3) is 0.316. The van der Waals surface area contributed by atoms with Crippen molar-refractivity contribution < 1.29 is 23.4 Å². The van der Waals surface area contributed by atoms with E-state index in [1.54, 1.807) is 6.92 Å². The number of benzene rings is 2. The van der Waals surface area contributed by atoms with Gasteiger partial charge in [0.1, 0.15) is 5.75 Å². The predicted octanol–water partition coefficient (Wildman–Crippen LogP) is 3.57. The molecule has 2 atom stereocenters. The van der Waals surface area contributed by atoms with E-state index in [0.29, 0.717) is 18.5 Å². The van der Waals surface area contributed by atoms with Crippen LogP contribution in [0.2, 0.25) is 0 Å². The van der Waals surface area contributed by atoms with Gasteiger partial charge < -0.3 is 15.2 Å². The molecule has 0 aliphatic heterocycles. The number of amides is 1. The topological polar surface area (TPSA) is 58.6 Å². The number of rotatable bonds is 8. The van der Waals surface area contributed by atoms with E-state index in [4.69, 9.17) is 0 Å². The maximum absolute atomic E-state index is 12.2. The Balaban J connectivity index is 1.98. The molecule has 0 saturated heterocycles. The number of carbonyl (C=O) groups is 1. The zero-order valence-electron chi connectivity index (χ0n) is 13.9. The number of aliphatic hydroxyl groups is 1. The lowest BCUT2D eigenvalue weighted by Gasteiger charge is -2.19. The van der Waals surface area contributed by atoms with Crippen molar-refractivity contribution in [3.05, 3.63) is 65.7 Å². The van der Waals surface area contributed by atoms with Crippen LogP contribution >= 0.6 is 0 Å². The van der Waals surface area contributed by atoms with E-state index in [2.05, 4.69) is 10.1 Å². The van der Waals surface area contributed by atoms with E-state index in [1.807, 2.05) is 30.3 Å². The van der Waals surface area contributed by atoms with Crippen LogP contribution in [0.15, 0.2) is 54.6 Å². The van der Waals surface area contributed by atoms with Crippen LogP contribution in [0, 0.1) is 0 Å². The third-order valence-electron chi connectivity index (χ3n) is 3.75. The Hall–Kier alpha value is -2.47. The number of nitrogens with one attached hydrogen (secondary N) is 1. The Bertz CT molecular complexity index is 660. The molecular weight excluding hydrogens is 328 g/mol. The average Bonchev–Trinajstić information content (AvgIpc) is 2.59. The molecule has 25 heavy (non-hydrogen) atoms. The van der Waals surface area contributed by atoms with Gasteiger partial charge in [-0.05, 0) is 43.2 Å². The molecule has 0 aliphatic carbocycles. The van der Waals surface area contributed by atoms with Crippen molar-refractivity contribution in [1.82, 2.24) is 5.32 Å². The van der Waals surface area contributed by atoms with E-state index in [1.165, 1.54) is 24.3 Å². The summed E-state index contributed by atoms with van der Waals surface area (Å²) in [7, 11) is 0. The molecule has 6 heteroatoms. The minimum absolute atomic E-state index is 0.00261. The Morgan fingerprint density at radius 1 is 1.12 bits per heavy atom. The normalized spacial score (nSPS) is 13.3. The number of aliphatic hydroxyl groups excluding tert-OH is 1. The van der Waals surface area contributed by atoms with Crippen LogP contribution < -0.4 is 10.1 Å². The number of carbonyl (C=O) groups excluding carboxylic acids is 1. The molecule has 2 aromatic carbocycles. The molecule has 0 aliphatic rings. The van der Waals surface area contributed by atoms with Crippen LogP contribution in [0.1, 0.15) is 35.2 Å². The van der Waals surface area contributed by atoms with Crippen molar-refractivity contribution in [2.24, 2.45) is 0 Å². The molecule has 2 aromatic rings. The highest BCUT2D eigenvalue weighted by Gasteiger charge is 2.16. The van der Waals surface area contributed by atoms with Crippen molar-refractivity contribution >= 4 is 5.91 Å². The maximum atomic E-state index is 12.2. The second-order valence-corrected chi connectivity index (χ2v) is 5.81.